The smallest absolute Gasteiger partial charge is 0.162 e. The Kier molecular flexibility index (Phi) is 3.26. The quantitative estimate of drug-likeness (QED) is 0.616. The molecule has 3 aromatic rings. The van der Waals surface area contributed by atoms with Gasteiger partial charge in [-0.1, -0.05) is 80.6 Å². The Hall–Kier alpha value is -3.07. The molecule has 0 fully saturated rings. The summed E-state index contributed by atoms with van der Waals surface area (Å²) in [5, 5.41) is 7.36. The highest BCUT2D eigenvalue weighted by molar-refractivity contribution is 6.15. The van der Waals surface area contributed by atoms with E-state index in [1.165, 1.54) is 11.3 Å². The summed E-state index contributed by atoms with van der Waals surface area (Å²) in [6, 6.07) is 29.7. The van der Waals surface area contributed by atoms with E-state index in [1.54, 1.807) is 0 Å². The number of para-hydroxylation sites is 2. The number of benzene rings is 3. The topological polar surface area (TPSA) is 18.8 Å². The van der Waals surface area contributed by atoms with Crippen LogP contribution in [0.5, 0.6) is 0 Å². The number of fused-ring (bicyclic) bond motifs is 3. The van der Waals surface area contributed by atoms with Gasteiger partial charge in [0.05, 0.1) is 5.69 Å². The number of hydrogen-bond donors (Lipinski definition) is 0. The minimum absolute atomic E-state index is 0.112. The van der Waals surface area contributed by atoms with Crippen LogP contribution in [-0.2, 0) is 5.41 Å². The molecule has 5 rings (SSSR count). The zero-order valence-electron chi connectivity index (χ0n) is 15.9. The first-order valence-corrected chi connectivity index (χ1v) is 9.44. The highest BCUT2D eigenvalue weighted by atomic mass is 15.7. The lowest BCUT2D eigenvalue weighted by Gasteiger charge is -2.45. The molecule has 0 radical (unpaired) electrons. The maximum Gasteiger partial charge on any atom is 0.162 e. The molecule has 0 spiro atoms. The van der Waals surface area contributed by atoms with Crippen molar-refractivity contribution < 1.29 is 0 Å². The van der Waals surface area contributed by atoms with Gasteiger partial charge in [0.15, 0.2) is 5.84 Å². The van der Waals surface area contributed by atoms with Crippen LogP contribution in [0.2, 0.25) is 0 Å². The van der Waals surface area contributed by atoms with Crippen molar-refractivity contribution in [1.82, 2.24) is 0 Å². The number of nitrogens with zero attached hydrogens (tertiary/aromatic N) is 3. The molecule has 2 aliphatic heterocycles. The van der Waals surface area contributed by atoms with Crippen molar-refractivity contribution in [3.63, 3.8) is 0 Å². The van der Waals surface area contributed by atoms with Crippen molar-refractivity contribution in [2.75, 3.05) is 9.91 Å². The molecule has 0 amide bonds. The van der Waals surface area contributed by atoms with Crippen molar-refractivity contribution in [3.05, 3.63) is 96.1 Å². The van der Waals surface area contributed by atoms with E-state index in [-0.39, 0.29) is 11.1 Å². The molecule has 27 heavy (non-hydrogen) atoms. The third-order valence-corrected chi connectivity index (χ3v) is 6.29. The van der Waals surface area contributed by atoms with E-state index in [0.717, 1.165) is 17.1 Å². The van der Waals surface area contributed by atoms with E-state index in [1.807, 2.05) is 0 Å². The SMILES string of the molecule is CC1(C)c2ccccc2N2C(c3ccccc3)=NN(c3ccccc3)[C@]21C. The lowest BCUT2D eigenvalue weighted by atomic mass is 9.76. The summed E-state index contributed by atoms with van der Waals surface area (Å²) in [6.07, 6.45) is 0. The number of anilines is 2. The fourth-order valence-electron chi connectivity index (χ4n) is 4.54. The van der Waals surface area contributed by atoms with Crippen LogP contribution in [0.3, 0.4) is 0 Å². The Bertz CT molecular complexity index is 1020. The summed E-state index contributed by atoms with van der Waals surface area (Å²) >= 11 is 0. The average molecular weight is 353 g/mol. The highest BCUT2D eigenvalue weighted by Crippen LogP contribution is 2.56. The van der Waals surface area contributed by atoms with E-state index < -0.39 is 0 Å². The molecule has 2 heterocycles. The molecule has 0 saturated heterocycles. The molecule has 0 saturated carbocycles. The van der Waals surface area contributed by atoms with Gasteiger partial charge >= 0.3 is 0 Å². The molecule has 0 bridgehead atoms. The molecule has 1 atom stereocenters. The molecular weight excluding hydrogens is 330 g/mol. The summed E-state index contributed by atoms with van der Waals surface area (Å²) in [6.45, 7) is 6.95. The summed E-state index contributed by atoms with van der Waals surface area (Å²) in [7, 11) is 0. The Morgan fingerprint density at radius 2 is 1.30 bits per heavy atom. The molecule has 2 aliphatic rings. The second-order valence-corrected chi connectivity index (χ2v) is 7.94. The van der Waals surface area contributed by atoms with Crippen molar-refractivity contribution in [1.29, 1.82) is 0 Å². The van der Waals surface area contributed by atoms with E-state index in [9.17, 15) is 0 Å². The largest absolute Gasteiger partial charge is 0.298 e. The molecule has 3 heteroatoms. The predicted molar refractivity (Wildman–Crippen MR) is 112 cm³/mol. The lowest BCUT2D eigenvalue weighted by Crippen LogP contribution is -2.60. The molecule has 0 aliphatic carbocycles. The Labute approximate surface area is 160 Å². The summed E-state index contributed by atoms with van der Waals surface area (Å²) in [5.41, 5.74) is 4.40. The predicted octanol–water partition coefficient (Wildman–Crippen LogP) is 5.38. The van der Waals surface area contributed by atoms with Crippen LogP contribution in [0, 0.1) is 0 Å². The molecule has 3 aromatic carbocycles. The Morgan fingerprint density at radius 3 is 2.00 bits per heavy atom. The molecule has 0 aromatic heterocycles. The van der Waals surface area contributed by atoms with Crippen LogP contribution in [0.15, 0.2) is 90.0 Å². The van der Waals surface area contributed by atoms with Crippen molar-refractivity contribution in [2.24, 2.45) is 5.10 Å². The first kappa shape index (κ1) is 16.1. The number of hydrazone groups is 1. The van der Waals surface area contributed by atoms with E-state index >= 15 is 0 Å². The second kappa shape index (κ2) is 5.46. The monoisotopic (exact) mass is 353 g/mol. The minimum Gasteiger partial charge on any atom is -0.298 e. The fraction of sp³-hybridized carbons (Fsp3) is 0.208. The van der Waals surface area contributed by atoms with Gasteiger partial charge in [0, 0.05) is 16.7 Å². The van der Waals surface area contributed by atoms with E-state index in [0.29, 0.717) is 0 Å². The van der Waals surface area contributed by atoms with Gasteiger partial charge in [0.1, 0.15) is 5.66 Å². The van der Waals surface area contributed by atoms with Crippen LogP contribution in [0.25, 0.3) is 0 Å². The maximum atomic E-state index is 5.16. The van der Waals surface area contributed by atoms with Gasteiger partial charge in [-0.05, 0) is 30.7 Å². The van der Waals surface area contributed by atoms with Gasteiger partial charge in [0.2, 0.25) is 0 Å². The first-order chi connectivity index (χ1) is 13.0. The Morgan fingerprint density at radius 1 is 0.704 bits per heavy atom. The van der Waals surface area contributed by atoms with E-state index in [2.05, 4.69) is 116 Å². The van der Waals surface area contributed by atoms with Crippen LogP contribution in [0.4, 0.5) is 11.4 Å². The van der Waals surface area contributed by atoms with Gasteiger partial charge in [-0.3, -0.25) is 4.90 Å². The van der Waals surface area contributed by atoms with Gasteiger partial charge in [-0.25, -0.2) is 5.01 Å². The van der Waals surface area contributed by atoms with Gasteiger partial charge < -0.3 is 0 Å². The number of hydrogen-bond acceptors (Lipinski definition) is 3. The minimum atomic E-state index is -0.330. The average Bonchev–Trinajstić information content (AvgIpc) is 3.12. The summed E-state index contributed by atoms with van der Waals surface area (Å²) in [4.78, 5) is 2.42. The fourth-order valence-corrected chi connectivity index (χ4v) is 4.54. The third-order valence-electron chi connectivity index (χ3n) is 6.29. The summed E-state index contributed by atoms with van der Waals surface area (Å²) in [5.74, 6) is 1.000. The maximum absolute atomic E-state index is 5.16. The lowest BCUT2D eigenvalue weighted by molar-refractivity contribution is 0.307. The van der Waals surface area contributed by atoms with Crippen LogP contribution >= 0.6 is 0 Å². The molecule has 3 nitrogen and oxygen atoms in total. The van der Waals surface area contributed by atoms with Crippen molar-refractivity contribution in [3.8, 4) is 0 Å². The van der Waals surface area contributed by atoms with Crippen molar-refractivity contribution in [2.45, 2.75) is 31.8 Å². The van der Waals surface area contributed by atoms with Crippen LogP contribution < -0.4 is 9.91 Å². The molecular formula is C24H23N3. The first-order valence-electron chi connectivity index (χ1n) is 9.44. The zero-order valence-corrected chi connectivity index (χ0v) is 15.9. The summed E-state index contributed by atoms with van der Waals surface area (Å²) < 4.78 is 0. The zero-order chi connectivity index (χ0) is 18.6. The number of rotatable bonds is 2. The molecule has 0 unspecified atom stereocenters. The highest BCUT2D eigenvalue weighted by Gasteiger charge is 2.62. The van der Waals surface area contributed by atoms with Gasteiger partial charge in [0.25, 0.3) is 0 Å². The second-order valence-electron chi connectivity index (χ2n) is 7.94. The van der Waals surface area contributed by atoms with Gasteiger partial charge in [-0.15, -0.1) is 0 Å². The number of amidine groups is 1. The molecule has 134 valence electrons. The standard InChI is InChI=1S/C24H23N3/c1-23(2)20-16-10-11-17-21(20)26-22(18-12-6-4-7-13-18)25-27(24(23,26)3)19-14-8-5-9-15-19/h4-17H,1-3H3/t24-/m0/s1. The van der Waals surface area contributed by atoms with Gasteiger partial charge in [-0.2, -0.15) is 5.10 Å². The van der Waals surface area contributed by atoms with Crippen LogP contribution in [-0.4, -0.2) is 11.5 Å². The Balaban J connectivity index is 1.79. The van der Waals surface area contributed by atoms with Crippen LogP contribution in [0.1, 0.15) is 31.9 Å². The van der Waals surface area contributed by atoms with Crippen molar-refractivity contribution >= 4 is 17.2 Å². The normalized spacial score (nSPS) is 22.4. The molecule has 0 N–H and O–H groups in total. The van der Waals surface area contributed by atoms with E-state index in [4.69, 9.17) is 5.10 Å². The third kappa shape index (κ3) is 2.00.